The Balaban J connectivity index is 2.36. The third kappa shape index (κ3) is 3.31. The summed E-state index contributed by atoms with van der Waals surface area (Å²) in [6, 6.07) is 11.9. The Morgan fingerprint density at radius 1 is 1.09 bits per heavy atom. The maximum absolute atomic E-state index is 11.7. The van der Waals surface area contributed by atoms with Gasteiger partial charge in [0.2, 0.25) is 0 Å². The van der Waals surface area contributed by atoms with Gasteiger partial charge in [-0.2, -0.15) is 0 Å². The van der Waals surface area contributed by atoms with E-state index in [9.17, 15) is 15.0 Å². The van der Waals surface area contributed by atoms with Gasteiger partial charge in [0.15, 0.2) is 11.5 Å². The monoisotopic (exact) mass is 302 g/mol. The highest BCUT2D eigenvalue weighted by Crippen LogP contribution is 2.32. The zero-order chi connectivity index (χ0) is 16.1. The van der Waals surface area contributed by atoms with Crippen LogP contribution in [0.1, 0.15) is 17.0 Å². The minimum atomic E-state index is -0.934. The smallest absolute Gasteiger partial charge is 0.311 e. The Morgan fingerprint density at radius 3 is 2.41 bits per heavy atom. The molecule has 0 aliphatic carbocycles. The normalized spacial score (nSPS) is 11.7. The van der Waals surface area contributed by atoms with Crippen LogP contribution in [0.4, 0.5) is 0 Å². The van der Waals surface area contributed by atoms with Gasteiger partial charge in [-0.3, -0.25) is 4.79 Å². The van der Waals surface area contributed by atoms with Gasteiger partial charge in [-0.1, -0.05) is 24.3 Å². The van der Waals surface area contributed by atoms with E-state index in [1.165, 1.54) is 20.3 Å². The van der Waals surface area contributed by atoms with E-state index < -0.39 is 11.9 Å². The van der Waals surface area contributed by atoms with Crippen molar-refractivity contribution in [2.75, 3.05) is 14.2 Å². The Hall–Kier alpha value is -2.69. The van der Waals surface area contributed by atoms with Gasteiger partial charge in [0.05, 0.1) is 20.1 Å². The van der Waals surface area contributed by atoms with Crippen molar-refractivity contribution < 1.29 is 24.5 Å². The van der Waals surface area contributed by atoms with Gasteiger partial charge in [-0.25, -0.2) is 0 Å². The Morgan fingerprint density at radius 2 is 1.77 bits per heavy atom. The molecule has 1 atom stereocenters. The van der Waals surface area contributed by atoms with Crippen molar-refractivity contribution >= 4 is 5.97 Å². The molecule has 0 aliphatic rings. The van der Waals surface area contributed by atoms with Gasteiger partial charge in [-0.15, -0.1) is 0 Å². The number of rotatable bonds is 6. The number of benzene rings is 2. The molecule has 0 heterocycles. The molecule has 2 aromatic rings. The van der Waals surface area contributed by atoms with E-state index in [2.05, 4.69) is 0 Å². The summed E-state index contributed by atoms with van der Waals surface area (Å²) in [4.78, 5) is 11.7. The lowest BCUT2D eigenvalue weighted by Gasteiger charge is -2.16. The van der Waals surface area contributed by atoms with Gasteiger partial charge in [0.25, 0.3) is 0 Å². The van der Waals surface area contributed by atoms with Crippen LogP contribution in [-0.4, -0.2) is 30.4 Å². The van der Waals surface area contributed by atoms with E-state index in [-0.39, 0.29) is 12.2 Å². The molecule has 0 radical (unpaired) electrons. The predicted molar refractivity (Wildman–Crippen MR) is 81.7 cm³/mol. The highest BCUT2D eigenvalue weighted by Gasteiger charge is 2.24. The zero-order valence-corrected chi connectivity index (χ0v) is 12.4. The third-order valence-corrected chi connectivity index (χ3v) is 3.50. The van der Waals surface area contributed by atoms with Crippen molar-refractivity contribution in [1.82, 2.24) is 0 Å². The first-order valence-electron chi connectivity index (χ1n) is 6.78. The molecule has 2 N–H and O–H groups in total. The molecule has 0 saturated heterocycles. The lowest BCUT2D eigenvalue weighted by molar-refractivity contribution is -0.138. The van der Waals surface area contributed by atoms with Crippen LogP contribution < -0.4 is 9.47 Å². The highest BCUT2D eigenvalue weighted by molar-refractivity contribution is 5.77. The fourth-order valence-corrected chi connectivity index (χ4v) is 2.37. The van der Waals surface area contributed by atoms with Crippen molar-refractivity contribution in [3.05, 3.63) is 53.6 Å². The van der Waals surface area contributed by atoms with Crippen molar-refractivity contribution in [1.29, 1.82) is 0 Å². The summed E-state index contributed by atoms with van der Waals surface area (Å²) in [5.74, 6) is -0.792. The van der Waals surface area contributed by atoms with E-state index in [0.29, 0.717) is 17.1 Å². The lowest BCUT2D eigenvalue weighted by atomic mass is 9.91. The Kier molecular flexibility index (Phi) is 4.88. The van der Waals surface area contributed by atoms with Crippen LogP contribution in [-0.2, 0) is 11.2 Å². The maximum atomic E-state index is 11.7. The first-order chi connectivity index (χ1) is 10.6. The second-order valence-electron chi connectivity index (χ2n) is 4.84. The first kappa shape index (κ1) is 15.7. The predicted octanol–water partition coefficient (Wildman–Crippen LogP) is 2.82. The number of hydrogen-bond donors (Lipinski definition) is 2. The van der Waals surface area contributed by atoms with Crippen molar-refractivity contribution in [2.24, 2.45) is 0 Å². The number of ether oxygens (including phenoxy) is 2. The number of hydrogen-bond acceptors (Lipinski definition) is 4. The summed E-state index contributed by atoms with van der Waals surface area (Å²) in [5, 5.41) is 19.2. The molecule has 1 unspecified atom stereocenters. The van der Waals surface area contributed by atoms with Crippen LogP contribution in [0.2, 0.25) is 0 Å². The summed E-state index contributed by atoms with van der Waals surface area (Å²) in [7, 11) is 2.97. The lowest BCUT2D eigenvalue weighted by Crippen LogP contribution is -2.15. The zero-order valence-electron chi connectivity index (χ0n) is 12.4. The average molecular weight is 302 g/mol. The number of phenolic OH excluding ortho intramolecular Hbond substituents is 1. The average Bonchev–Trinajstić information content (AvgIpc) is 2.53. The molecule has 0 aromatic heterocycles. The molecule has 0 spiro atoms. The molecule has 0 amide bonds. The van der Waals surface area contributed by atoms with Crippen molar-refractivity contribution in [3.8, 4) is 17.2 Å². The molecule has 116 valence electrons. The van der Waals surface area contributed by atoms with Crippen LogP contribution in [0, 0.1) is 0 Å². The number of carboxylic acid groups (broad SMARTS) is 1. The molecular weight excluding hydrogens is 284 g/mol. The minimum Gasteiger partial charge on any atom is -0.504 e. The molecule has 2 aromatic carbocycles. The number of aliphatic carboxylic acids is 1. The molecule has 0 fully saturated rings. The van der Waals surface area contributed by atoms with Crippen molar-refractivity contribution in [3.63, 3.8) is 0 Å². The fourth-order valence-electron chi connectivity index (χ4n) is 2.37. The number of phenols is 1. The molecule has 22 heavy (non-hydrogen) atoms. The summed E-state index contributed by atoms with van der Waals surface area (Å²) in [5.41, 5.74) is 1.37. The Bertz CT molecular complexity index is 666. The van der Waals surface area contributed by atoms with Crippen LogP contribution in [0.15, 0.2) is 42.5 Å². The van der Waals surface area contributed by atoms with E-state index in [0.717, 1.165) is 5.56 Å². The second-order valence-corrected chi connectivity index (χ2v) is 4.84. The number of aromatic hydroxyl groups is 1. The van der Waals surface area contributed by atoms with Crippen LogP contribution in [0.25, 0.3) is 0 Å². The first-order valence-corrected chi connectivity index (χ1v) is 6.78. The van der Waals surface area contributed by atoms with E-state index in [1.54, 1.807) is 36.4 Å². The van der Waals surface area contributed by atoms with Gasteiger partial charge < -0.3 is 19.7 Å². The molecule has 0 aliphatic heterocycles. The number of carboxylic acids is 1. The number of methoxy groups -OCH3 is 2. The Labute approximate surface area is 128 Å². The van der Waals surface area contributed by atoms with Crippen LogP contribution in [0.3, 0.4) is 0 Å². The SMILES string of the molecule is COc1cc(CC(C(=O)O)c2ccccc2OC)ccc1O. The van der Waals surface area contributed by atoms with Crippen LogP contribution in [0.5, 0.6) is 17.2 Å². The van der Waals surface area contributed by atoms with E-state index >= 15 is 0 Å². The molecule has 2 rings (SSSR count). The van der Waals surface area contributed by atoms with Gasteiger partial charge >= 0.3 is 5.97 Å². The summed E-state index contributed by atoms with van der Waals surface area (Å²) in [6.07, 6.45) is 0.270. The quantitative estimate of drug-likeness (QED) is 0.858. The second kappa shape index (κ2) is 6.85. The molecule has 5 nitrogen and oxygen atoms in total. The molecule has 0 saturated carbocycles. The van der Waals surface area contributed by atoms with E-state index in [4.69, 9.17) is 9.47 Å². The largest absolute Gasteiger partial charge is 0.504 e. The summed E-state index contributed by atoms with van der Waals surface area (Å²) >= 11 is 0. The summed E-state index contributed by atoms with van der Waals surface area (Å²) in [6.45, 7) is 0. The molecular formula is C17H18O5. The van der Waals surface area contributed by atoms with E-state index in [1.807, 2.05) is 0 Å². The standard InChI is InChI=1S/C17H18O5/c1-21-15-6-4-3-5-12(15)13(17(19)20)9-11-7-8-14(18)16(10-11)22-2/h3-8,10,13,18H,9H2,1-2H3,(H,19,20). The van der Waals surface area contributed by atoms with Crippen LogP contribution >= 0.6 is 0 Å². The molecule has 0 bridgehead atoms. The number of carbonyl (C=O) groups is 1. The topological polar surface area (TPSA) is 76.0 Å². The van der Waals surface area contributed by atoms with Gasteiger partial charge in [-0.05, 0) is 30.2 Å². The third-order valence-electron chi connectivity index (χ3n) is 3.50. The van der Waals surface area contributed by atoms with Gasteiger partial charge in [0.1, 0.15) is 5.75 Å². The number of para-hydroxylation sites is 1. The summed E-state index contributed by atoms with van der Waals surface area (Å²) < 4.78 is 10.3. The van der Waals surface area contributed by atoms with Gasteiger partial charge in [0, 0.05) is 5.56 Å². The molecule has 5 heteroatoms. The minimum absolute atomic E-state index is 0.0235. The van der Waals surface area contributed by atoms with Crippen molar-refractivity contribution in [2.45, 2.75) is 12.3 Å². The highest BCUT2D eigenvalue weighted by atomic mass is 16.5. The maximum Gasteiger partial charge on any atom is 0.311 e. The fraction of sp³-hybridized carbons (Fsp3) is 0.235.